The van der Waals surface area contributed by atoms with Gasteiger partial charge in [-0.3, -0.25) is 0 Å². The Labute approximate surface area is 174 Å². The van der Waals surface area contributed by atoms with Gasteiger partial charge in [0.15, 0.2) is 0 Å². The number of fused-ring (bicyclic) bond motifs is 1. The van der Waals surface area contributed by atoms with E-state index < -0.39 is 8.24 Å². The molecular formula is C17H28Cl2N2SiZr. The van der Waals surface area contributed by atoms with E-state index in [0.717, 1.165) is 0 Å². The molecule has 6 heteroatoms. The molecule has 0 bridgehead atoms. The zero-order valence-electron chi connectivity index (χ0n) is 15.2. The largest absolute Gasteiger partial charge is 2.00 e. The van der Waals surface area contributed by atoms with Crippen LogP contribution in [0.3, 0.4) is 0 Å². The van der Waals surface area contributed by atoms with Crippen LogP contribution in [-0.2, 0) is 26.2 Å². The van der Waals surface area contributed by atoms with Crippen molar-refractivity contribution in [2.24, 2.45) is 0 Å². The summed E-state index contributed by atoms with van der Waals surface area (Å²) < 4.78 is 0. The van der Waals surface area contributed by atoms with Gasteiger partial charge < -0.3 is 34.7 Å². The van der Waals surface area contributed by atoms with Gasteiger partial charge in [0.1, 0.15) is 8.24 Å². The first-order valence-electron chi connectivity index (χ1n) is 7.39. The zero-order chi connectivity index (χ0) is 15.1. The predicted octanol–water partition coefficient (Wildman–Crippen LogP) is -2.18. The van der Waals surface area contributed by atoms with Gasteiger partial charge in [-0.1, -0.05) is 43.4 Å². The molecule has 2 nitrogen and oxygen atoms in total. The molecule has 1 atom stereocenters. The second-order valence-electron chi connectivity index (χ2n) is 7.61. The molecule has 0 saturated heterocycles. The van der Waals surface area contributed by atoms with Crippen molar-refractivity contribution in [3.8, 4) is 0 Å². The van der Waals surface area contributed by atoms with E-state index in [1.807, 2.05) is 0 Å². The summed E-state index contributed by atoms with van der Waals surface area (Å²) in [5.41, 5.74) is 4.96. The van der Waals surface area contributed by atoms with E-state index in [1.54, 1.807) is 0 Å². The molecule has 1 N–H and O–H groups in total. The first-order valence-corrected chi connectivity index (χ1v) is 10.5. The van der Waals surface area contributed by atoms with E-state index in [4.69, 9.17) is 0 Å². The number of halogens is 2. The number of hydrogen-bond acceptors (Lipinski definition) is 2. The molecule has 2 rings (SSSR count). The molecule has 1 aliphatic rings. The Balaban J connectivity index is 0. The summed E-state index contributed by atoms with van der Waals surface area (Å²) in [6.07, 6.45) is 2.47. The fourth-order valence-corrected chi connectivity index (χ4v) is 7.06. The minimum atomic E-state index is -1.60. The SMILES string of the molecule is CN(C)C1=CC([Si](C)(C)NC(C)(C)C)c2ccccc21.[Cl-].[Cl-].[Zr+2]. The molecule has 23 heavy (non-hydrogen) atoms. The molecule has 1 unspecified atom stereocenters. The van der Waals surface area contributed by atoms with E-state index in [9.17, 15) is 0 Å². The quantitative estimate of drug-likeness (QED) is 0.527. The van der Waals surface area contributed by atoms with Gasteiger partial charge in [-0.15, -0.1) is 0 Å². The van der Waals surface area contributed by atoms with Crippen molar-refractivity contribution in [1.82, 2.24) is 9.88 Å². The summed E-state index contributed by atoms with van der Waals surface area (Å²) in [5.74, 6) is 0. The number of benzene rings is 1. The molecule has 0 aromatic heterocycles. The standard InChI is InChI=1S/C17H28N2Si.2ClH.Zr/c1-17(2,3)18-20(6,7)16-12-15(19(4)5)13-10-8-9-11-14(13)16;;;/h8-12,16,18H,1-7H3;2*1H;/q;;;+2/p-2. The predicted molar refractivity (Wildman–Crippen MR) is 91.2 cm³/mol. The Hall–Kier alpha value is 0.400. The third-order valence-corrected chi connectivity index (χ3v) is 7.28. The molecule has 0 aliphatic heterocycles. The molecule has 0 amide bonds. The fraction of sp³-hybridized carbons (Fsp3) is 0.529. The summed E-state index contributed by atoms with van der Waals surface area (Å²) in [6.45, 7) is 11.7. The summed E-state index contributed by atoms with van der Waals surface area (Å²) in [7, 11) is 2.67. The summed E-state index contributed by atoms with van der Waals surface area (Å²) >= 11 is 0. The van der Waals surface area contributed by atoms with Gasteiger partial charge in [-0.25, -0.2) is 0 Å². The van der Waals surface area contributed by atoms with Gasteiger partial charge in [0.25, 0.3) is 0 Å². The minimum absolute atomic E-state index is 0. The van der Waals surface area contributed by atoms with Crippen molar-refractivity contribution < 1.29 is 51.0 Å². The van der Waals surface area contributed by atoms with Crippen molar-refractivity contribution in [3.05, 3.63) is 41.5 Å². The van der Waals surface area contributed by atoms with Gasteiger partial charge in [0.05, 0.1) is 0 Å². The maximum atomic E-state index is 3.91. The van der Waals surface area contributed by atoms with Crippen molar-refractivity contribution in [2.75, 3.05) is 14.1 Å². The average molecular weight is 451 g/mol. The second-order valence-corrected chi connectivity index (χ2v) is 11.9. The molecule has 0 saturated carbocycles. The van der Waals surface area contributed by atoms with E-state index in [2.05, 4.69) is 88.2 Å². The van der Waals surface area contributed by atoms with Crippen molar-refractivity contribution in [2.45, 2.75) is 44.9 Å². The molecule has 1 aliphatic carbocycles. The van der Waals surface area contributed by atoms with Crippen LogP contribution < -0.4 is 29.8 Å². The molecule has 0 heterocycles. The number of nitrogens with zero attached hydrogens (tertiary/aromatic N) is 1. The van der Waals surface area contributed by atoms with Gasteiger partial charge in [0, 0.05) is 36.4 Å². The Morgan fingerprint density at radius 3 is 2.04 bits per heavy atom. The molecule has 1 aromatic carbocycles. The number of hydrogen-bond donors (Lipinski definition) is 1. The van der Waals surface area contributed by atoms with Crippen LogP contribution in [0.25, 0.3) is 5.70 Å². The van der Waals surface area contributed by atoms with Crippen LogP contribution in [0.5, 0.6) is 0 Å². The van der Waals surface area contributed by atoms with Crippen LogP contribution in [0.2, 0.25) is 13.1 Å². The van der Waals surface area contributed by atoms with Gasteiger partial charge in [-0.05, 0) is 26.3 Å². The van der Waals surface area contributed by atoms with Gasteiger partial charge in [-0.2, -0.15) is 0 Å². The molecule has 0 radical (unpaired) electrons. The smallest absolute Gasteiger partial charge is 1.00 e. The molecule has 1 aromatic rings. The number of nitrogens with one attached hydrogen (secondary N) is 1. The van der Waals surface area contributed by atoms with Crippen LogP contribution in [0.1, 0.15) is 37.4 Å². The Morgan fingerprint density at radius 1 is 1.04 bits per heavy atom. The molecule has 128 valence electrons. The molecule has 0 spiro atoms. The monoisotopic (exact) mass is 448 g/mol. The molecule has 0 fully saturated rings. The third kappa shape index (κ3) is 6.01. The van der Waals surface area contributed by atoms with Gasteiger partial charge >= 0.3 is 26.2 Å². The van der Waals surface area contributed by atoms with E-state index in [0.29, 0.717) is 5.54 Å². The Kier molecular flexibility index (Phi) is 10.3. The first-order chi connectivity index (χ1) is 9.12. The Morgan fingerprint density at radius 2 is 1.57 bits per heavy atom. The fourth-order valence-electron chi connectivity index (χ4n) is 3.37. The number of allylic oxidation sites excluding steroid dienone is 1. The molecular weight excluding hydrogens is 422 g/mol. The average Bonchev–Trinajstić information content (AvgIpc) is 2.65. The van der Waals surface area contributed by atoms with Crippen LogP contribution in [-0.4, -0.2) is 32.8 Å². The minimum Gasteiger partial charge on any atom is -1.00 e. The van der Waals surface area contributed by atoms with Crippen LogP contribution >= 0.6 is 0 Å². The second kappa shape index (κ2) is 9.20. The van der Waals surface area contributed by atoms with E-state index in [1.165, 1.54) is 16.8 Å². The summed E-state index contributed by atoms with van der Waals surface area (Å²) in [6, 6.07) is 8.86. The van der Waals surface area contributed by atoms with E-state index >= 15 is 0 Å². The van der Waals surface area contributed by atoms with Crippen molar-refractivity contribution in [1.29, 1.82) is 0 Å². The Bertz CT molecular complexity index is 540. The van der Waals surface area contributed by atoms with E-state index in [-0.39, 0.29) is 56.6 Å². The van der Waals surface area contributed by atoms with Crippen molar-refractivity contribution in [3.63, 3.8) is 0 Å². The normalized spacial score (nSPS) is 16.3. The number of rotatable bonds is 3. The van der Waals surface area contributed by atoms with Crippen LogP contribution in [0.4, 0.5) is 0 Å². The topological polar surface area (TPSA) is 15.3 Å². The van der Waals surface area contributed by atoms with Crippen LogP contribution in [0.15, 0.2) is 30.3 Å². The maximum absolute atomic E-state index is 3.91. The summed E-state index contributed by atoms with van der Waals surface area (Å²) in [5, 5.41) is 0. The van der Waals surface area contributed by atoms with Gasteiger partial charge in [0.2, 0.25) is 0 Å². The third-order valence-electron chi connectivity index (χ3n) is 3.85. The zero-order valence-corrected chi connectivity index (χ0v) is 20.1. The van der Waals surface area contributed by atoms with Crippen molar-refractivity contribution >= 4 is 13.9 Å². The first kappa shape index (κ1) is 25.6. The summed E-state index contributed by atoms with van der Waals surface area (Å²) in [4.78, 5) is 6.15. The van der Waals surface area contributed by atoms with Crippen LogP contribution in [0, 0.1) is 0 Å². The maximum Gasteiger partial charge on any atom is 2.00 e.